The molecule has 1 fully saturated rings. The van der Waals surface area contributed by atoms with Gasteiger partial charge in [0, 0.05) is 25.4 Å². The van der Waals surface area contributed by atoms with Crippen molar-refractivity contribution in [1.29, 1.82) is 0 Å². The van der Waals surface area contributed by atoms with Gasteiger partial charge in [-0.2, -0.15) is 0 Å². The van der Waals surface area contributed by atoms with Gasteiger partial charge in [-0.05, 0) is 74.4 Å². The third-order valence-electron chi connectivity index (χ3n) is 7.30. The van der Waals surface area contributed by atoms with Crippen LogP contribution >= 0.6 is 0 Å². The lowest BCUT2D eigenvalue weighted by Crippen LogP contribution is -2.44. The number of aryl methyl sites for hydroxylation is 1. The van der Waals surface area contributed by atoms with Crippen LogP contribution in [0.2, 0.25) is 0 Å². The second-order valence-electron chi connectivity index (χ2n) is 10.5. The fourth-order valence-electron chi connectivity index (χ4n) is 4.89. The first-order valence-corrected chi connectivity index (χ1v) is 15.0. The van der Waals surface area contributed by atoms with Gasteiger partial charge in [0.1, 0.15) is 24.1 Å². The highest BCUT2D eigenvalue weighted by Gasteiger charge is 2.57. The molecule has 1 heterocycles. The number of unbranched alkanes of at least 4 members (excludes halogenated alkanes) is 3. The van der Waals surface area contributed by atoms with E-state index in [0.29, 0.717) is 38.6 Å². The van der Waals surface area contributed by atoms with Gasteiger partial charge < -0.3 is 28.8 Å². The van der Waals surface area contributed by atoms with Crippen LogP contribution in [0.3, 0.4) is 0 Å². The average molecular weight is 543 g/mol. The minimum atomic E-state index is -1.63. The minimum absolute atomic E-state index is 0.359. The van der Waals surface area contributed by atoms with Crippen molar-refractivity contribution < 1.29 is 28.8 Å². The van der Waals surface area contributed by atoms with Crippen LogP contribution in [0.15, 0.2) is 42.5 Å². The molecule has 0 aliphatic carbocycles. The van der Waals surface area contributed by atoms with Crippen LogP contribution in [0, 0.1) is 6.92 Å². The first kappa shape index (κ1) is 31.6. The van der Waals surface area contributed by atoms with Crippen molar-refractivity contribution >= 4 is 0 Å². The first-order chi connectivity index (χ1) is 19.0. The second-order valence-corrected chi connectivity index (χ2v) is 10.5. The molecule has 0 saturated carbocycles. The zero-order valence-corrected chi connectivity index (χ0v) is 24.7. The van der Waals surface area contributed by atoms with Gasteiger partial charge in [0.15, 0.2) is 0 Å². The third kappa shape index (κ3) is 8.76. The number of hydrogen-bond donors (Lipinski definition) is 1. The van der Waals surface area contributed by atoms with E-state index in [2.05, 4.69) is 52.0 Å². The lowest BCUT2D eigenvalue weighted by Gasteiger charge is -2.31. The molecule has 1 aliphatic heterocycles. The maximum absolute atomic E-state index is 12.2. The average Bonchev–Trinajstić information content (AvgIpc) is 3.20. The summed E-state index contributed by atoms with van der Waals surface area (Å²) in [6.07, 6.45) is 5.18. The highest BCUT2D eigenvalue weighted by Crippen LogP contribution is 2.42. The molecule has 1 aliphatic rings. The van der Waals surface area contributed by atoms with Crippen LogP contribution in [-0.4, -0.2) is 56.5 Å². The molecule has 2 aromatic carbocycles. The van der Waals surface area contributed by atoms with E-state index in [1.54, 1.807) is 0 Å². The Morgan fingerprint density at radius 1 is 0.846 bits per heavy atom. The summed E-state index contributed by atoms with van der Waals surface area (Å²) in [6.45, 7) is 13.3. The van der Waals surface area contributed by atoms with E-state index >= 15 is 0 Å². The maximum Gasteiger partial charge on any atom is 0.222 e. The number of benzene rings is 2. The Bertz CT molecular complexity index is 961. The second kappa shape index (κ2) is 16.3. The van der Waals surface area contributed by atoms with Crippen molar-refractivity contribution in [2.75, 3.05) is 33.0 Å². The summed E-state index contributed by atoms with van der Waals surface area (Å²) in [5.41, 5.74) is 4.16. The summed E-state index contributed by atoms with van der Waals surface area (Å²) >= 11 is 0. The first-order valence-electron chi connectivity index (χ1n) is 15.0. The smallest absolute Gasteiger partial charge is 0.222 e. The normalized spacial score (nSPS) is 22.9. The molecule has 0 aromatic heterocycles. The Balaban J connectivity index is 1.89. The molecule has 39 heavy (non-hydrogen) atoms. The summed E-state index contributed by atoms with van der Waals surface area (Å²) < 4.78 is 30.7. The number of ether oxygens (including phenoxy) is 5. The number of rotatable bonds is 18. The number of hydrogen-bond acceptors (Lipinski definition) is 6. The summed E-state index contributed by atoms with van der Waals surface area (Å²) in [7, 11) is 0. The molecule has 0 bridgehead atoms. The Morgan fingerprint density at radius 2 is 1.51 bits per heavy atom. The molecule has 4 atom stereocenters. The van der Waals surface area contributed by atoms with E-state index in [9.17, 15) is 5.11 Å². The van der Waals surface area contributed by atoms with E-state index in [4.69, 9.17) is 23.7 Å². The molecule has 0 amide bonds. The highest BCUT2D eigenvalue weighted by atomic mass is 16.7. The van der Waals surface area contributed by atoms with Crippen molar-refractivity contribution in [3.8, 4) is 5.75 Å². The third-order valence-corrected chi connectivity index (χ3v) is 7.30. The summed E-state index contributed by atoms with van der Waals surface area (Å²) in [5, 5.41) is 12.2. The molecule has 1 saturated heterocycles. The van der Waals surface area contributed by atoms with E-state index in [0.717, 1.165) is 61.8 Å². The molecule has 0 spiro atoms. The van der Waals surface area contributed by atoms with Crippen molar-refractivity contribution in [1.82, 2.24) is 0 Å². The van der Waals surface area contributed by atoms with Gasteiger partial charge in [-0.25, -0.2) is 0 Å². The van der Waals surface area contributed by atoms with Gasteiger partial charge in [-0.3, -0.25) is 0 Å². The van der Waals surface area contributed by atoms with Crippen LogP contribution in [0.25, 0.3) is 0 Å². The predicted octanol–water partition coefficient (Wildman–Crippen LogP) is 6.72. The van der Waals surface area contributed by atoms with Gasteiger partial charge in [0.25, 0.3) is 0 Å². The maximum atomic E-state index is 12.2. The summed E-state index contributed by atoms with van der Waals surface area (Å²) in [4.78, 5) is 0. The topological polar surface area (TPSA) is 66.4 Å². The molecule has 2 aromatic rings. The standard InChI is InChI=1S/C33H50O6/c1-6-10-19-35-24-30-31(37-20-11-7-2)32(38-21-12-8-3)33(34,39-30)28-16-13-25(5)27(23-28)22-26-14-17-29(18-15-26)36-9-4/h13-18,23,30-32,34H,6-12,19-22,24H2,1-5H3/t30-,31-,32+,33?/m0/s1. The van der Waals surface area contributed by atoms with Gasteiger partial charge >= 0.3 is 0 Å². The zero-order chi connectivity index (χ0) is 28.1. The number of aliphatic hydroxyl groups is 1. The van der Waals surface area contributed by atoms with Gasteiger partial charge in [0.2, 0.25) is 5.79 Å². The summed E-state index contributed by atoms with van der Waals surface area (Å²) in [6, 6.07) is 14.3. The summed E-state index contributed by atoms with van der Waals surface area (Å²) in [5.74, 6) is -0.765. The Hall–Kier alpha value is -1.96. The molecule has 0 radical (unpaired) electrons. The van der Waals surface area contributed by atoms with E-state index < -0.39 is 24.1 Å². The predicted molar refractivity (Wildman–Crippen MR) is 155 cm³/mol. The Labute approximate surface area is 236 Å². The van der Waals surface area contributed by atoms with Crippen molar-refractivity contribution in [2.24, 2.45) is 0 Å². The van der Waals surface area contributed by atoms with Gasteiger partial charge in [-0.1, -0.05) is 64.3 Å². The van der Waals surface area contributed by atoms with Gasteiger partial charge in [0.05, 0.1) is 13.2 Å². The van der Waals surface area contributed by atoms with Crippen molar-refractivity contribution in [2.45, 2.75) is 104 Å². The molecule has 218 valence electrons. The SMILES string of the molecule is CCCCOC[C@@H]1OC(O)(c2ccc(C)c(Cc3ccc(OCC)cc3)c2)[C@H](OCCCC)[C@H]1OCCCC. The molecule has 6 nitrogen and oxygen atoms in total. The van der Waals surface area contributed by atoms with E-state index in [1.807, 2.05) is 25.1 Å². The fourth-order valence-corrected chi connectivity index (χ4v) is 4.89. The molecule has 3 rings (SSSR count). The van der Waals surface area contributed by atoms with Crippen LogP contribution < -0.4 is 4.74 Å². The molecule has 6 heteroatoms. The van der Waals surface area contributed by atoms with Crippen molar-refractivity contribution in [3.05, 3.63) is 64.7 Å². The van der Waals surface area contributed by atoms with Gasteiger partial charge in [-0.15, -0.1) is 0 Å². The van der Waals surface area contributed by atoms with Crippen LogP contribution in [0.4, 0.5) is 0 Å². The lowest BCUT2D eigenvalue weighted by molar-refractivity contribution is -0.250. The largest absolute Gasteiger partial charge is 0.494 e. The highest BCUT2D eigenvalue weighted by molar-refractivity contribution is 5.39. The monoisotopic (exact) mass is 542 g/mol. The Morgan fingerprint density at radius 3 is 2.18 bits per heavy atom. The minimum Gasteiger partial charge on any atom is -0.494 e. The van der Waals surface area contributed by atoms with E-state index in [1.165, 1.54) is 5.56 Å². The molecule has 1 unspecified atom stereocenters. The zero-order valence-electron chi connectivity index (χ0n) is 24.7. The van der Waals surface area contributed by atoms with Crippen LogP contribution in [0.5, 0.6) is 5.75 Å². The van der Waals surface area contributed by atoms with E-state index in [-0.39, 0.29) is 0 Å². The fraction of sp³-hybridized carbons (Fsp3) is 0.636. The molecule has 1 N–H and O–H groups in total. The quantitative estimate of drug-likeness (QED) is 0.211. The van der Waals surface area contributed by atoms with Crippen molar-refractivity contribution in [3.63, 3.8) is 0 Å². The van der Waals surface area contributed by atoms with Crippen LogP contribution in [0.1, 0.15) is 88.5 Å². The lowest BCUT2D eigenvalue weighted by atomic mass is 9.92. The molecular weight excluding hydrogens is 492 g/mol. The van der Waals surface area contributed by atoms with Crippen LogP contribution in [-0.2, 0) is 31.2 Å². The molecular formula is C33H50O6. The Kier molecular flexibility index (Phi) is 13.2.